The molecule has 2 N–H and O–H groups in total. The lowest BCUT2D eigenvalue weighted by Gasteiger charge is -2.05. The second-order valence-corrected chi connectivity index (χ2v) is 6.44. The Balaban J connectivity index is 1.75. The number of sulfonamides is 1. The van der Waals surface area contributed by atoms with Gasteiger partial charge in [0.15, 0.2) is 0 Å². The lowest BCUT2D eigenvalue weighted by atomic mass is 10.4. The van der Waals surface area contributed by atoms with Crippen LogP contribution in [-0.4, -0.2) is 40.6 Å². The Hall–Kier alpha value is -1.03. The summed E-state index contributed by atoms with van der Waals surface area (Å²) in [5.74, 6) is 0.538. The second kappa shape index (κ2) is 7.30. The Bertz CT molecular complexity index is 543. The summed E-state index contributed by atoms with van der Waals surface area (Å²) in [6.07, 6.45) is -0.300. The molecule has 0 atom stereocenters. The van der Waals surface area contributed by atoms with Gasteiger partial charge in [0.1, 0.15) is 12.4 Å². The third-order valence-corrected chi connectivity index (χ3v) is 4.16. The molecule has 0 aromatic carbocycles. The van der Waals surface area contributed by atoms with Gasteiger partial charge in [-0.1, -0.05) is 0 Å². The molecular weight excluding hydrogens is 306 g/mol. The molecule has 1 aromatic rings. The Morgan fingerprint density at radius 1 is 1.38 bits per heavy atom. The van der Waals surface area contributed by atoms with Crippen LogP contribution in [0.1, 0.15) is 18.6 Å². The Labute approximate surface area is 121 Å². The summed E-state index contributed by atoms with van der Waals surface area (Å²) in [6, 6.07) is 3.46. The summed E-state index contributed by atoms with van der Waals surface area (Å²) in [7, 11) is -3.78. The van der Waals surface area contributed by atoms with E-state index in [1.165, 1.54) is 6.07 Å². The SMILES string of the molecule is O=S(=O)(NCCOCC(F)F)c1ccc(CNC2CC2)o1. The molecule has 120 valence electrons. The van der Waals surface area contributed by atoms with Crippen LogP contribution in [0.5, 0.6) is 0 Å². The zero-order valence-electron chi connectivity index (χ0n) is 11.3. The minimum absolute atomic E-state index is 0.0919. The van der Waals surface area contributed by atoms with Gasteiger partial charge in [0.05, 0.1) is 13.2 Å². The summed E-state index contributed by atoms with van der Waals surface area (Å²) >= 11 is 0. The number of ether oxygens (including phenoxy) is 1. The first-order chi connectivity index (χ1) is 9.97. The Morgan fingerprint density at radius 3 is 2.81 bits per heavy atom. The van der Waals surface area contributed by atoms with Crippen LogP contribution in [0.3, 0.4) is 0 Å². The number of hydrogen-bond donors (Lipinski definition) is 2. The van der Waals surface area contributed by atoms with Crippen molar-refractivity contribution in [1.82, 2.24) is 10.0 Å². The van der Waals surface area contributed by atoms with Crippen molar-refractivity contribution in [3.8, 4) is 0 Å². The fourth-order valence-electron chi connectivity index (χ4n) is 1.62. The van der Waals surface area contributed by atoms with Gasteiger partial charge in [0.25, 0.3) is 16.4 Å². The van der Waals surface area contributed by atoms with E-state index in [0.29, 0.717) is 18.3 Å². The number of halogens is 2. The average molecular weight is 324 g/mol. The van der Waals surface area contributed by atoms with Crippen LogP contribution in [-0.2, 0) is 21.3 Å². The van der Waals surface area contributed by atoms with Crippen LogP contribution in [0.2, 0.25) is 0 Å². The summed E-state index contributed by atoms with van der Waals surface area (Å²) in [4.78, 5) is 0. The van der Waals surface area contributed by atoms with Gasteiger partial charge >= 0.3 is 0 Å². The van der Waals surface area contributed by atoms with Crippen molar-refractivity contribution in [2.75, 3.05) is 19.8 Å². The molecule has 2 rings (SSSR count). The fraction of sp³-hybridized carbons (Fsp3) is 0.667. The highest BCUT2D eigenvalue weighted by molar-refractivity contribution is 7.89. The van der Waals surface area contributed by atoms with Gasteiger partial charge in [-0.3, -0.25) is 0 Å². The molecule has 9 heteroatoms. The van der Waals surface area contributed by atoms with E-state index in [1.54, 1.807) is 6.07 Å². The minimum Gasteiger partial charge on any atom is -0.447 e. The molecule has 0 radical (unpaired) electrons. The molecule has 0 spiro atoms. The van der Waals surface area contributed by atoms with Gasteiger partial charge in [0.2, 0.25) is 5.09 Å². The predicted octanol–water partition coefficient (Wildman–Crippen LogP) is 1.09. The number of alkyl halides is 2. The lowest BCUT2D eigenvalue weighted by molar-refractivity contribution is 0.0198. The molecule has 0 aliphatic heterocycles. The van der Waals surface area contributed by atoms with Gasteiger partial charge in [-0.05, 0) is 25.0 Å². The van der Waals surface area contributed by atoms with Crippen LogP contribution in [0.25, 0.3) is 0 Å². The van der Waals surface area contributed by atoms with E-state index >= 15 is 0 Å². The topological polar surface area (TPSA) is 80.6 Å². The first kappa shape index (κ1) is 16.3. The van der Waals surface area contributed by atoms with Gasteiger partial charge in [-0.15, -0.1) is 0 Å². The van der Waals surface area contributed by atoms with Crippen molar-refractivity contribution in [3.63, 3.8) is 0 Å². The number of nitrogens with one attached hydrogen (secondary N) is 2. The third kappa shape index (κ3) is 5.70. The van der Waals surface area contributed by atoms with Gasteiger partial charge in [-0.2, -0.15) is 0 Å². The summed E-state index contributed by atoms with van der Waals surface area (Å²) < 4.78 is 59.4. The quantitative estimate of drug-likeness (QED) is 0.630. The van der Waals surface area contributed by atoms with E-state index in [0.717, 1.165) is 12.8 Å². The maximum absolute atomic E-state index is 11.9. The molecule has 1 aromatic heterocycles. The van der Waals surface area contributed by atoms with Crippen LogP contribution in [0, 0.1) is 0 Å². The Morgan fingerprint density at radius 2 is 2.14 bits per heavy atom. The maximum Gasteiger partial charge on any atom is 0.274 e. The van der Waals surface area contributed by atoms with E-state index in [2.05, 4.69) is 14.8 Å². The molecule has 1 aliphatic carbocycles. The predicted molar refractivity (Wildman–Crippen MR) is 70.6 cm³/mol. The fourth-order valence-corrected chi connectivity index (χ4v) is 2.58. The monoisotopic (exact) mass is 324 g/mol. The van der Waals surface area contributed by atoms with Crippen molar-refractivity contribution in [1.29, 1.82) is 0 Å². The number of hydrogen-bond acceptors (Lipinski definition) is 5. The molecule has 21 heavy (non-hydrogen) atoms. The normalized spacial score (nSPS) is 15.8. The van der Waals surface area contributed by atoms with Crippen molar-refractivity contribution >= 4 is 10.0 Å². The molecule has 0 amide bonds. The van der Waals surface area contributed by atoms with E-state index in [9.17, 15) is 17.2 Å². The zero-order chi connectivity index (χ0) is 15.3. The standard InChI is InChI=1S/C12H18F2N2O4S/c13-11(14)8-19-6-5-16-21(17,18)12-4-3-10(20-12)7-15-9-1-2-9/h3-4,9,11,15-16H,1-2,5-8H2. The van der Waals surface area contributed by atoms with Gasteiger partial charge < -0.3 is 14.5 Å². The molecule has 1 fully saturated rings. The van der Waals surface area contributed by atoms with Crippen molar-refractivity contribution in [2.45, 2.75) is 36.9 Å². The van der Waals surface area contributed by atoms with Crippen molar-refractivity contribution in [3.05, 3.63) is 17.9 Å². The lowest BCUT2D eigenvalue weighted by Crippen LogP contribution is -2.27. The van der Waals surface area contributed by atoms with Gasteiger partial charge in [0, 0.05) is 12.6 Å². The molecule has 1 saturated carbocycles. The highest BCUT2D eigenvalue weighted by Gasteiger charge is 2.22. The number of furan rings is 1. The van der Waals surface area contributed by atoms with Crippen LogP contribution >= 0.6 is 0 Å². The van der Waals surface area contributed by atoms with Gasteiger partial charge in [-0.25, -0.2) is 21.9 Å². The molecule has 1 heterocycles. The maximum atomic E-state index is 11.9. The largest absolute Gasteiger partial charge is 0.447 e. The van der Waals surface area contributed by atoms with E-state index < -0.39 is 23.1 Å². The molecule has 0 saturated heterocycles. The molecule has 0 bridgehead atoms. The molecule has 6 nitrogen and oxygen atoms in total. The highest BCUT2D eigenvalue weighted by Crippen LogP contribution is 2.20. The smallest absolute Gasteiger partial charge is 0.274 e. The summed E-state index contributed by atoms with van der Waals surface area (Å²) in [5, 5.41) is 3.02. The third-order valence-electron chi connectivity index (χ3n) is 2.83. The summed E-state index contributed by atoms with van der Waals surface area (Å²) in [6.45, 7) is -0.442. The molecular formula is C12H18F2N2O4S. The zero-order valence-corrected chi connectivity index (χ0v) is 12.2. The van der Waals surface area contributed by atoms with Crippen LogP contribution in [0.15, 0.2) is 21.6 Å². The van der Waals surface area contributed by atoms with E-state index in [4.69, 9.17) is 4.42 Å². The molecule has 1 aliphatic rings. The Kier molecular flexibility index (Phi) is 5.68. The van der Waals surface area contributed by atoms with E-state index in [1.807, 2.05) is 0 Å². The average Bonchev–Trinajstić information content (AvgIpc) is 3.11. The van der Waals surface area contributed by atoms with Crippen LogP contribution < -0.4 is 10.0 Å². The molecule has 0 unspecified atom stereocenters. The first-order valence-electron chi connectivity index (χ1n) is 6.65. The van der Waals surface area contributed by atoms with E-state index in [-0.39, 0.29) is 18.2 Å². The minimum atomic E-state index is -3.78. The second-order valence-electron chi connectivity index (χ2n) is 4.74. The van der Waals surface area contributed by atoms with Crippen molar-refractivity contribution < 1.29 is 26.4 Å². The number of rotatable bonds is 10. The first-order valence-corrected chi connectivity index (χ1v) is 8.13. The summed E-state index contributed by atoms with van der Waals surface area (Å²) in [5.41, 5.74) is 0. The van der Waals surface area contributed by atoms with Crippen LogP contribution in [0.4, 0.5) is 8.78 Å². The highest BCUT2D eigenvalue weighted by atomic mass is 32.2. The van der Waals surface area contributed by atoms with Crippen molar-refractivity contribution in [2.24, 2.45) is 0 Å².